The Balaban J connectivity index is 2.09. The van der Waals surface area contributed by atoms with Crippen molar-refractivity contribution in [1.29, 1.82) is 0 Å². The van der Waals surface area contributed by atoms with Crippen LogP contribution in [-0.4, -0.2) is 19.6 Å². The summed E-state index contributed by atoms with van der Waals surface area (Å²) < 4.78 is 4.76. The Morgan fingerprint density at radius 3 is 2.95 bits per heavy atom. The first kappa shape index (κ1) is 13.3. The van der Waals surface area contributed by atoms with Crippen LogP contribution in [0.25, 0.3) is 0 Å². The van der Waals surface area contributed by atoms with Gasteiger partial charge in [-0.15, -0.1) is 11.3 Å². The van der Waals surface area contributed by atoms with Gasteiger partial charge in [0.15, 0.2) is 0 Å². The Morgan fingerprint density at radius 1 is 1.32 bits per heavy atom. The standard InChI is InChI=1S/C15H13NO2S/c1-18-11-15(17)16-13-5-2-4-12(10-13)7-8-14-6-3-9-19-14/h2-6,9-10H,11H2,1H3,(H,16,17). The third kappa shape index (κ3) is 4.25. The summed E-state index contributed by atoms with van der Waals surface area (Å²) in [6.07, 6.45) is 0. The first-order valence-electron chi connectivity index (χ1n) is 5.72. The Hall–Kier alpha value is -2.09. The van der Waals surface area contributed by atoms with Crippen LogP contribution in [-0.2, 0) is 9.53 Å². The van der Waals surface area contributed by atoms with Crippen LogP contribution in [0.1, 0.15) is 10.4 Å². The van der Waals surface area contributed by atoms with Crippen molar-refractivity contribution in [3.8, 4) is 11.8 Å². The summed E-state index contributed by atoms with van der Waals surface area (Å²) in [4.78, 5) is 12.4. The molecule has 0 saturated carbocycles. The van der Waals surface area contributed by atoms with Gasteiger partial charge in [-0.3, -0.25) is 4.79 Å². The van der Waals surface area contributed by atoms with Crippen LogP contribution in [0.2, 0.25) is 0 Å². The predicted octanol–water partition coefficient (Wildman–Crippen LogP) is 2.73. The quantitative estimate of drug-likeness (QED) is 0.872. The molecule has 2 aromatic rings. The first-order chi connectivity index (χ1) is 9.28. The van der Waals surface area contributed by atoms with E-state index in [0.717, 1.165) is 16.1 Å². The Morgan fingerprint density at radius 2 is 2.21 bits per heavy atom. The maximum absolute atomic E-state index is 11.4. The first-order valence-corrected chi connectivity index (χ1v) is 6.60. The van der Waals surface area contributed by atoms with E-state index in [1.807, 2.05) is 41.8 Å². The van der Waals surface area contributed by atoms with Crippen molar-refractivity contribution in [3.05, 3.63) is 52.2 Å². The van der Waals surface area contributed by atoms with Crippen LogP contribution in [0.15, 0.2) is 41.8 Å². The normalized spacial score (nSPS) is 9.53. The molecule has 0 fully saturated rings. The molecule has 0 bridgehead atoms. The molecule has 0 atom stereocenters. The summed E-state index contributed by atoms with van der Waals surface area (Å²) in [7, 11) is 1.49. The molecule has 0 spiro atoms. The average Bonchev–Trinajstić information content (AvgIpc) is 2.90. The molecule has 1 amide bonds. The largest absolute Gasteiger partial charge is 0.375 e. The summed E-state index contributed by atoms with van der Waals surface area (Å²) in [5.74, 6) is 5.97. The fourth-order valence-electron chi connectivity index (χ4n) is 1.49. The smallest absolute Gasteiger partial charge is 0.250 e. The molecule has 1 aromatic heterocycles. The molecule has 0 aliphatic carbocycles. The maximum atomic E-state index is 11.4. The van der Waals surface area contributed by atoms with Crippen LogP contribution in [0.3, 0.4) is 0 Å². The van der Waals surface area contributed by atoms with E-state index >= 15 is 0 Å². The van der Waals surface area contributed by atoms with E-state index in [4.69, 9.17) is 4.74 Å². The molecular weight excluding hydrogens is 258 g/mol. The van der Waals surface area contributed by atoms with Gasteiger partial charge in [-0.1, -0.05) is 24.0 Å². The van der Waals surface area contributed by atoms with Crippen LogP contribution < -0.4 is 5.32 Å². The highest BCUT2D eigenvalue weighted by Gasteiger charge is 2.01. The Labute approximate surface area is 116 Å². The minimum absolute atomic E-state index is 0.0467. The van der Waals surface area contributed by atoms with Gasteiger partial charge in [0.2, 0.25) is 5.91 Å². The number of carbonyl (C=O) groups is 1. The SMILES string of the molecule is COCC(=O)Nc1cccc(C#Cc2cccs2)c1. The van der Waals surface area contributed by atoms with Crippen molar-refractivity contribution in [2.24, 2.45) is 0 Å². The van der Waals surface area contributed by atoms with Crippen LogP contribution in [0, 0.1) is 11.8 Å². The van der Waals surface area contributed by atoms with Gasteiger partial charge in [-0.2, -0.15) is 0 Å². The molecule has 0 aliphatic heterocycles. The number of rotatable bonds is 3. The molecule has 0 radical (unpaired) electrons. The van der Waals surface area contributed by atoms with Crippen LogP contribution in [0.5, 0.6) is 0 Å². The predicted molar refractivity (Wildman–Crippen MR) is 77.2 cm³/mol. The highest BCUT2D eigenvalue weighted by molar-refractivity contribution is 7.10. The van der Waals surface area contributed by atoms with Gasteiger partial charge >= 0.3 is 0 Å². The van der Waals surface area contributed by atoms with Crippen LogP contribution >= 0.6 is 11.3 Å². The van der Waals surface area contributed by atoms with E-state index in [-0.39, 0.29) is 12.5 Å². The summed E-state index contributed by atoms with van der Waals surface area (Å²) in [6.45, 7) is 0.0467. The van der Waals surface area contributed by atoms with Crippen molar-refractivity contribution in [2.45, 2.75) is 0 Å². The van der Waals surface area contributed by atoms with Gasteiger partial charge in [0, 0.05) is 18.4 Å². The summed E-state index contributed by atoms with van der Waals surface area (Å²) in [5.41, 5.74) is 1.59. The highest BCUT2D eigenvalue weighted by Crippen LogP contribution is 2.11. The number of amides is 1. The van der Waals surface area contributed by atoms with E-state index in [0.29, 0.717) is 0 Å². The molecule has 0 aliphatic rings. The number of carbonyl (C=O) groups excluding carboxylic acids is 1. The van der Waals surface area contributed by atoms with Crippen molar-refractivity contribution in [3.63, 3.8) is 0 Å². The number of thiophene rings is 1. The second-order valence-electron chi connectivity index (χ2n) is 3.79. The lowest BCUT2D eigenvalue weighted by atomic mass is 10.2. The minimum Gasteiger partial charge on any atom is -0.375 e. The number of hydrogen-bond donors (Lipinski definition) is 1. The molecule has 0 unspecified atom stereocenters. The summed E-state index contributed by atoms with van der Waals surface area (Å²) >= 11 is 1.60. The molecule has 96 valence electrons. The number of ether oxygens (including phenoxy) is 1. The molecular formula is C15H13NO2S. The second kappa shape index (κ2) is 6.74. The van der Waals surface area contributed by atoms with Crippen molar-refractivity contribution in [1.82, 2.24) is 0 Å². The summed E-state index contributed by atoms with van der Waals surface area (Å²) in [5, 5.41) is 4.74. The lowest BCUT2D eigenvalue weighted by Crippen LogP contribution is -2.17. The molecule has 19 heavy (non-hydrogen) atoms. The molecule has 3 nitrogen and oxygen atoms in total. The maximum Gasteiger partial charge on any atom is 0.250 e. The third-order valence-electron chi connectivity index (χ3n) is 2.27. The van der Waals surface area contributed by atoms with Gasteiger partial charge in [0.25, 0.3) is 0 Å². The number of methoxy groups -OCH3 is 1. The Bertz CT molecular complexity index is 609. The molecule has 0 saturated heterocycles. The van der Waals surface area contributed by atoms with E-state index in [9.17, 15) is 4.79 Å². The third-order valence-corrected chi connectivity index (χ3v) is 3.06. The average molecular weight is 271 g/mol. The van der Waals surface area contributed by atoms with Crippen LogP contribution in [0.4, 0.5) is 5.69 Å². The van der Waals surface area contributed by atoms with Crippen molar-refractivity contribution >= 4 is 22.9 Å². The fraction of sp³-hybridized carbons (Fsp3) is 0.133. The van der Waals surface area contributed by atoms with Gasteiger partial charge in [0.1, 0.15) is 6.61 Å². The molecule has 1 N–H and O–H groups in total. The molecule has 1 heterocycles. The van der Waals surface area contributed by atoms with E-state index < -0.39 is 0 Å². The lowest BCUT2D eigenvalue weighted by Gasteiger charge is -2.04. The van der Waals surface area contributed by atoms with E-state index in [2.05, 4.69) is 17.2 Å². The van der Waals surface area contributed by atoms with Gasteiger partial charge in [0.05, 0.1) is 4.88 Å². The zero-order valence-corrected chi connectivity index (χ0v) is 11.3. The molecule has 4 heteroatoms. The van der Waals surface area contributed by atoms with E-state index in [1.165, 1.54) is 7.11 Å². The number of anilines is 1. The van der Waals surface area contributed by atoms with E-state index in [1.54, 1.807) is 11.3 Å². The summed E-state index contributed by atoms with van der Waals surface area (Å²) in [6, 6.07) is 11.4. The van der Waals surface area contributed by atoms with Gasteiger partial charge < -0.3 is 10.1 Å². The zero-order chi connectivity index (χ0) is 13.5. The lowest BCUT2D eigenvalue weighted by molar-refractivity contribution is -0.119. The Kier molecular flexibility index (Phi) is 4.73. The monoisotopic (exact) mass is 271 g/mol. The molecule has 1 aromatic carbocycles. The zero-order valence-electron chi connectivity index (χ0n) is 10.5. The number of benzene rings is 1. The molecule has 2 rings (SSSR count). The number of hydrogen-bond acceptors (Lipinski definition) is 3. The highest BCUT2D eigenvalue weighted by atomic mass is 32.1. The minimum atomic E-state index is -0.175. The van der Waals surface area contributed by atoms with Gasteiger partial charge in [-0.25, -0.2) is 0 Å². The number of nitrogens with one attached hydrogen (secondary N) is 1. The van der Waals surface area contributed by atoms with Crippen molar-refractivity contribution in [2.75, 3.05) is 19.0 Å². The fourth-order valence-corrected chi connectivity index (χ4v) is 2.06. The van der Waals surface area contributed by atoms with Crippen molar-refractivity contribution < 1.29 is 9.53 Å². The second-order valence-corrected chi connectivity index (χ2v) is 4.74. The van der Waals surface area contributed by atoms with Gasteiger partial charge in [-0.05, 0) is 29.6 Å². The topological polar surface area (TPSA) is 38.3 Å².